The predicted molar refractivity (Wildman–Crippen MR) is 129 cm³/mol. The number of aliphatic carboxylic acids is 1. The molecule has 1 aromatic heterocycles. The van der Waals surface area contributed by atoms with E-state index in [9.17, 15) is 32.7 Å². The van der Waals surface area contributed by atoms with Gasteiger partial charge in [0.2, 0.25) is 11.8 Å². The molecule has 0 saturated carbocycles. The number of nitrogens with zero attached hydrogens (tertiary/aromatic N) is 3. The van der Waals surface area contributed by atoms with E-state index in [4.69, 9.17) is 0 Å². The molecule has 2 aliphatic heterocycles. The van der Waals surface area contributed by atoms with Crippen molar-refractivity contribution in [2.24, 2.45) is 5.92 Å². The molecule has 8 nitrogen and oxygen atoms in total. The Morgan fingerprint density at radius 2 is 1.78 bits per heavy atom. The quantitative estimate of drug-likeness (QED) is 0.572. The lowest BCUT2D eigenvalue weighted by Gasteiger charge is -2.33. The van der Waals surface area contributed by atoms with E-state index >= 15 is 0 Å². The number of benzene rings is 1. The minimum absolute atomic E-state index is 0.199. The fraction of sp³-hybridized carbons (Fsp3) is 0.385. The van der Waals surface area contributed by atoms with Crippen LogP contribution in [0.3, 0.4) is 0 Å². The van der Waals surface area contributed by atoms with Crippen LogP contribution in [-0.2, 0) is 33.5 Å². The Labute approximate surface area is 211 Å². The number of amides is 2. The highest BCUT2D eigenvalue weighted by atomic mass is 19.4. The average molecular weight is 517 g/mol. The van der Waals surface area contributed by atoms with Gasteiger partial charge in [-0.05, 0) is 60.2 Å². The monoisotopic (exact) mass is 516 g/mol. The van der Waals surface area contributed by atoms with Crippen LogP contribution in [0.25, 0.3) is 6.08 Å². The molecule has 1 fully saturated rings. The molecule has 4 rings (SSSR count). The predicted octanol–water partition coefficient (Wildman–Crippen LogP) is 3.12. The number of aromatic nitrogens is 1. The van der Waals surface area contributed by atoms with Gasteiger partial charge in [0.15, 0.2) is 0 Å². The molecule has 2 aliphatic rings. The first-order valence-electron chi connectivity index (χ1n) is 12.0. The molecule has 0 unspecified atom stereocenters. The molecule has 1 aromatic carbocycles. The summed E-state index contributed by atoms with van der Waals surface area (Å²) in [5, 5.41) is 11.7. The first kappa shape index (κ1) is 26.2. The number of halogens is 3. The number of carboxylic acid groups (broad SMARTS) is 1. The summed E-state index contributed by atoms with van der Waals surface area (Å²) in [6, 6.07) is 6.41. The molecule has 1 saturated heterocycles. The van der Waals surface area contributed by atoms with Crippen LogP contribution in [0.2, 0.25) is 0 Å². The van der Waals surface area contributed by atoms with Gasteiger partial charge in [0, 0.05) is 38.5 Å². The first-order valence-corrected chi connectivity index (χ1v) is 12.0. The molecule has 0 bridgehead atoms. The number of nitrogens with one attached hydrogen (secondary N) is 1. The number of carbonyl (C=O) groups is 3. The summed E-state index contributed by atoms with van der Waals surface area (Å²) >= 11 is 0. The lowest BCUT2D eigenvalue weighted by atomic mass is 9.96. The zero-order valence-electron chi connectivity index (χ0n) is 20.0. The van der Waals surface area contributed by atoms with Gasteiger partial charge >= 0.3 is 12.1 Å². The Morgan fingerprint density at radius 3 is 2.43 bits per heavy atom. The third-order valence-corrected chi connectivity index (χ3v) is 6.68. The fourth-order valence-electron chi connectivity index (χ4n) is 4.46. The highest BCUT2D eigenvalue weighted by Gasteiger charge is 2.30. The van der Waals surface area contributed by atoms with E-state index < -0.39 is 23.6 Å². The van der Waals surface area contributed by atoms with E-state index in [0.29, 0.717) is 51.0 Å². The first-order chi connectivity index (χ1) is 17.6. The summed E-state index contributed by atoms with van der Waals surface area (Å²) < 4.78 is 37.9. The van der Waals surface area contributed by atoms with Gasteiger partial charge in [-0.3, -0.25) is 14.4 Å². The van der Waals surface area contributed by atoms with Crippen molar-refractivity contribution in [2.75, 3.05) is 31.1 Å². The van der Waals surface area contributed by atoms with Crippen LogP contribution >= 0.6 is 0 Å². The normalized spacial score (nSPS) is 16.5. The zero-order chi connectivity index (χ0) is 26.6. The van der Waals surface area contributed by atoms with Crippen molar-refractivity contribution in [1.82, 2.24) is 15.2 Å². The van der Waals surface area contributed by atoms with Crippen molar-refractivity contribution in [3.05, 3.63) is 64.9 Å². The SMILES string of the molecule is O=C(/C=C/c1ccc(C(F)(F)F)cc1)NCC(=O)N1CCc2cc(N3CCC(C(=O)O)CC3)ncc2C1. The van der Waals surface area contributed by atoms with Crippen LogP contribution < -0.4 is 10.2 Å². The number of alkyl halides is 3. The molecular weight excluding hydrogens is 489 g/mol. The lowest BCUT2D eigenvalue weighted by molar-refractivity contribution is -0.142. The molecule has 37 heavy (non-hydrogen) atoms. The molecule has 0 atom stereocenters. The Kier molecular flexibility index (Phi) is 7.80. The highest BCUT2D eigenvalue weighted by molar-refractivity contribution is 5.94. The topological polar surface area (TPSA) is 103 Å². The Morgan fingerprint density at radius 1 is 1.08 bits per heavy atom. The number of pyridine rings is 1. The van der Waals surface area contributed by atoms with Gasteiger partial charge in [-0.2, -0.15) is 13.2 Å². The van der Waals surface area contributed by atoms with E-state index in [1.807, 2.05) is 6.07 Å². The second-order valence-corrected chi connectivity index (χ2v) is 9.15. The molecule has 0 radical (unpaired) electrons. The van der Waals surface area contributed by atoms with Gasteiger partial charge in [0.05, 0.1) is 18.0 Å². The molecule has 11 heteroatoms. The molecular formula is C26H27F3N4O4. The lowest BCUT2D eigenvalue weighted by Crippen LogP contribution is -2.42. The number of hydrogen-bond donors (Lipinski definition) is 2. The molecule has 196 valence electrons. The second kappa shape index (κ2) is 11.0. The zero-order valence-corrected chi connectivity index (χ0v) is 20.0. The van der Waals surface area contributed by atoms with Crippen LogP contribution in [0.5, 0.6) is 0 Å². The summed E-state index contributed by atoms with van der Waals surface area (Å²) in [4.78, 5) is 44.1. The standard InChI is InChI=1S/C26H27F3N4O4/c27-26(28,29)21-4-1-17(2-5-21)3-6-23(34)31-15-24(35)33-12-9-19-13-22(30-14-20(19)16-33)32-10-7-18(8-11-32)25(36)37/h1-6,13-14,18H,7-12,15-16H2,(H,31,34)(H,36,37)/b6-3+. The van der Waals surface area contributed by atoms with E-state index in [-0.39, 0.29) is 18.4 Å². The Bertz CT molecular complexity index is 1190. The number of rotatable bonds is 6. The van der Waals surface area contributed by atoms with Crippen molar-refractivity contribution in [3.8, 4) is 0 Å². The van der Waals surface area contributed by atoms with Gasteiger partial charge in [-0.25, -0.2) is 4.98 Å². The molecule has 2 N–H and O–H groups in total. The number of hydrogen-bond acceptors (Lipinski definition) is 5. The number of anilines is 1. The summed E-state index contributed by atoms with van der Waals surface area (Å²) in [6.45, 7) is 1.95. The van der Waals surface area contributed by atoms with Gasteiger partial charge in [-0.15, -0.1) is 0 Å². The maximum absolute atomic E-state index is 12.6. The van der Waals surface area contributed by atoms with Crippen molar-refractivity contribution in [1.29, 1.82) is 0 Å². The van der Waals surface area contributed by atoms with Crippen molar-refractivity contribution in [3.63, 3.8) is 0 Å². The van der Waals surface area contributed by atoms with E-state index in [0.717, 1.165) is 29.1 Å². The van der Waals surface area contributed by atoms with E-state index in [1.165, 1.54) is 24.3 Å². The van der Waals surface area contributed by atoms with Gasteiger partial charge in [-0.1, -0.05) is 12.1 Å². The van der Waals surface area contributed by atoms with Gasteiger partial charge in [0.25, 0.3) is 0 Å². The van der Waals surface area contributed by atoms with Crippen molar-refractivity contribution >= 4 is 29.7 Å². The Hall–Kier alpha value is -3.89. The van der Waals surface area contributed by atoms with Crippen LogP contribution in [0, 0.1) is 5.92 Å². The van der Waals surface area contributed by atoms with Gasteiger partial charge < -0.3 is 20.2 Å². The molecule has 0 aliphatic carbocycles. The second-order valence-electron chi connectivity index (χ2n) is 9.15. The number of carbonyl (C=O) groups excluding carboxylic acids is 2. The number of piperidine rings is 1. The van der Waals surface area contributed by atoms with Gasteiger partial charge in [0.1, 0.15) is 5.82 Å². The number of carboxylic acids is 1. The third kappa shape index (κ3) is 6.66. The van der Waals surface area contributed by atoms with Crippen molar-refractivity contribution in [2.45, 2.75) is 32.0 Å². The molecule has 0 spiro atoms. The minimum Gasteiger partial charge on any atom is -0.481 e. The van der Waals surface area contributed by atoms with Crippen LogP contribution in [0.15, 0.2) is 42.6 Å². The fourth-order valence-corrected chi connectivity index (χ4v) is 4.46. The van der Waals surface area contributed by atoms with Crippen LogP contribution in [-0.4, -0.2) is 59.0 Å². The number of fused-ring (bicyclic) bond motifs is 1. The average Bonchev–Trinajstić information content (AvgIpc) is 2.89. The molecule has 2 aromatic rings. The molecule has 3 heterocycles. The van der Waals surface area contributed by atoms with Crippen LogP contribution in [0.1, 0.15) is 35.1 Å². The summed E-state index contributed by atoms with van der Waals surface area (Å²) in [7, 11) is 0. The highest BCUT2D eigenvalue weighted by Crippen LogP contribution is 2.29. The largest absolute Gasteiger partial charge is 0.481 e. The maximum Gasteiger partial charge on any atom is 0.416 e. The minimum atomic E-state index is -4.42. The molecule has 2 amide bonds. The maximum atomic E-state index is 12.6. The van der Waals surface area contributed by atoms with Crippen molar-refractivity contribution < 1.29 is 32.7 Å². The van der Waals surface area contributed by atoms with Crippen LogP contribution in [0.4, 0.5) is 19.0 Å². The Balaban J connectivity index is 1.26. The third-order valence-electron chi connectivity index (χ3n) is 6.68. The smallest absolute Gasteiger partial charge is 0.416 e. The summed E-state index contributed by atoms with van der Waals surface area (Å²) in [5.74, 6) is -1.02. The summed E-state index contributed by atoms with van der Waals surface area (Å²) in [6.07, 6.45) is 1.69. The summed E-state index contributed by atoms with van der Waals surface area (Å²) in [5.41, 5.74) is 1.69. The van der Waals surface area contributed by atoms with E-state index in [1.54, 1.807) is 11.1 Å². The van der Waals surface area contributed by atoms with E-state index in [2.05, 4.69) is 15.2 Å².